The second-order valence-corrected chi connectivity index (χ2v) is 9.32. The van der Waals surface area contributed by atoms with Crippen LogP contribution in [0.1, 0.15) is 30.5 Å². The number of hydrogen-bond acceptors (Lipinski definition) is 9. The lowest BCUT2D eigenvalue weighted by Gasteiger charge is -2.29. The van der Waals surface area contributed by atoms with Gasteiger partial charge in [0, 0.05) is 31.7 Å². The fourth-order valence-corrected chi connectivity index (χ4v) is 5.06. The first-order valence-electron chi connectivity index (χ1n) is 12.9. The van der Waals surface area contributed by atoms with Crippen LogP contribution >= 0.6 is 0 Å². The van der Waals surface area contributed by atoms with E-state index < -0.39 is 17.7 Å². The second kappa shape index (κ2) is 11.3. The predicted molar refractivity (Wildman–Crippen MR) is 138 cm³/mol. The molecule has 1 amide bonds. The van der Waals surface area contributed by atoms with Crippen LogP contribution in [0.15, 0.2) is 42.0 Å². The van der Waals surface area contributed by atoms with Crippen molar-refractivity contribution in [2.45, 2.75) is 19.4 Å². The van der Waals surface area contributed by atoms with Crippen LogP contribution in [-0.2, 0) is 14.3 Å². The van der Waals surface area contributed by atoms with Crippen LogP contribution in [0.5, 0.6) is 23.0 Å². The highest BCUT2D eigenvalue weighted by atomic mass is 16.6. The maximum absolute atomic E-state index is 13.4. The number of morpholine rings is 1. The standard InChI is InChI=1S/C28H32N2O8/c1-2-36-22-16-18(4-6-20(22)31)25-24(26(32)19-5-7-21-23(17-19)38-15-14-37-21)27(33)28(34)30(25)9-3-8-29-10-12-35-13-11-29/h4-7,16-17,25,31-32H,2-3,8-15H2,1H3. The molecule has 202 valence electrons. The smallest absolute Gasteiger partial charge is 0.295 e. The van der Waals surface area contributed by atoms with E-state index in [1.165, 1.54) is 11.0 Å². The molecule has 0 spiro atoms. The molecule has 2 aromatic rings. The number of carbonyl (C=O) groups excluding carboxylic acids is 2. The average molecular weight is 525 g/mol. The molecule has 5 rings (SSSR count). The molecule has 0 aromatic heterocycles. The number of hydrogen-bond donors (Lipinski definition) is 2. The van der Waals surface area contributed by atoms with Crippen molar-refractivity contribution in [1.82, 2.24) is 9.80 Å². The van der Waals surface area contributed by atoms with Crippen molar-refractivity contribution in [2.24, 2.45) is 0 Å². The van der Waals surface area contributed by atoms with Gasteiger partial charge in [-0.3, -0.25) is 14.5 Å². The number of fused-ring (bicyclic) bond motifs is 1. The van der Waals surface area contributed by atoms with Crippen molar-refractivity contribution in [3.05, 3.63) is 53.1 Å². The number of likely N-dealkylation sites (tertiary alicyclic amines) is 1. The lowest BCUT2D eigenvalue weighted by atomic mass is 9.94. The molecule has 3 aliphatic heterocycles. The van der Waals surface area contributed by atoms with Gasteiger partial charge in [-0.25, -0.2) is 0 Å². The summed E-state index contributed by atoms with van der Waals surface area (Å²) < 4.78 is 22.2. The minimum atomic E-state index is -0.854. The van der Waals surface area contributed by atoms with Crippen LogP contribution in [0.3, 0.4) is 0 Å². The Kier molecular flexibility index (Phi) is 7.71. The maximum atomic E-state index is 13.4. The van der Waals surface area contributed by atoms with E-state index in [2.05, 4.69) is 4.90 Å². The highest BCUT2D eigenvalue weighted by Crippen LogP contribution is 2.43. The number of Topliss-reactive ketones (excluding diaryl/α,β-unsaturated/α-hetero) is 1. The highest BCUT2D eigenvalue weighted by molar-refractivity contribution is 6.46. The van der Waals surface area contributed by atoms with Crippen LogP contribution in [0.25, 0.3) is 5.76 Å². The van der Waals surface area contributed by atoms with Gasteiger partial charge in [0.05, 0.1) is 31.4 Å². The van der Waals surface area contributed by atoms with Crippen molar-refractivity contribution >= 4 is 17.4 Å². The molecule has 2 aromatic carbocycles. The Hall–Kier alpha value is -3.76. The number of ether oxygens (including phenoxy) is 4. The van der Waals surface area contributed by atoms with Gasteiger partial charge in [0.15, 0.2) is 23.0 Å². The number of aliphatic hydroxyl groups excluding tert-OH is 1. The molecular weight excluding hydrogens is 492 g/mol. The maximum Gasteiger partial charge on any atom is 0.295 e. The summed E-state index contributed by atoms with van der Waals surface area (Å²) in [5, 5.41) is 21.7. The molecule has 0 aliphatic carbocycles. The Morgan fingerprint density at radius 3 is 2.53 bits per heavy atom. The van der Waals surface area contributed by atoms with Crippen molar-refractivity contribution < 1.29 is 38.7 Å². The number of nitrogens with zero attached hydrogens (tertiary/aromatic N) is 2. The molecular formula is C28H32N2O8. The quantitative estimate of drug-likeness (QED) is 0.305. The fraction of sp³-hybridized carbons (Fsp3) is 0.429. The van der Waals surface area contributed by atoms with Gasteiger partial charge in [0.25, 0.3) is 11.7 Å². The van der Waals surface area contributed by atoms with E-state index in [0.717, 1.165) is 19.6 Å². The Bertz CT molecular complexity index is 1240. The lowest BCUT2D eigenvalue weighted by Crippen LogP contribution is -2.38. The molecule has 3 aliphatic rings. The normalized spacial score (nSPS) is 21.1. The minimum Gasteiger partial charge on any atom is -0.507 e. The zero-order valence-electron chi connectivity index (χ0n) is 21.4. The number of phenols is 1. The molecule has 0 bridgehead atoms. The van der Waals surface area contributed by atoms with E-state index >= 15 is 0 Å². The molecule has 1 atom stereocenters. The Labute approximate surface area is 221 Å². The summed E-state index contributed by atoms with van der Waals surface area (Å²) in [4.78, 5) is 30.4. The van der Waals surface area contributed by atoms with E-state index in [4.69, 9.17) is 18.9 Å². The van der Waals surface area contributed by atoms with E-state index in [-0.39, 0.29) is 22.8 Å². The molecule has 1 unspecified atom stereocenters. The van der Waals surface area contributed by atoms with Crippen molar-refractivity contribution in [2.75, 3.05) is 59.2 Å². The molecule has 0 radical (unpaired) electrons. The van der Waals surface area contributed by atoms with Crippen molar-refractivity contribution in [3.63, 3.8) is 0 Å². The first-order valence-corrected chi connectivity index (χ1v) is 12.9. The summed E-state index contributed by atoms with van der Waals surface area (Å²) in [6, 6.07) is 8.78. The average Bonchev–Trinajstić information content (AvgIpc) is 3.19. The SMILES string of the molecule is CCOc1cc(C2C(=C(O)c3ccc4c(c3)OCCO4)C(=O)C(=O)N2CCCN2CCOCC2)ccc1O. The highest BCUT2D eigenvalue weighted by Gasteiger charge is 2.46. The number of phenolic OH excluding ortho intramolecular Hbond substituents is 1. The van der Waals surface area contributed by atoms with Crippen molar-refractivity contribution in [3.8, 4) is 23.0 Å². The summed E-state index contributed by atoms with van der Waals surface area (Å²) in [7, 11) is 0. The van der Waals surface area contributed by atoms with Gasteiger partial charge in [-0.15, -0.1) is 0 Å². The van der Waals surface area contributed by atoms with Crippen LogP contribution in [0.4, 0.5) is 0 Å². The first kappa shape index (κ1) is 25.9. The van der Waals surface area contributed by atoms with Crippen LogP contribution in [-0.4, -0.2) is 90.9 Å². The van der Waals surface area contributed by atoms with Crippen LogP contribution in [0.2, 0.25) is 0 Å². The largest absolute Gasteiger partial charge is 0.507 e. The van der Waals surface area contributed by atoms with Crippen LogP contribution in [0, 0.1) is 0 Å². The van der Waals surface area contributed by atoms with E-state index in [0.29, 0.717) is 68.6 Å². The van der Waals surface area contributed by atoms with Crippen molar-refractivity contribution in [1.29, 1.82) is 0 Å². The minimum absolute atomic E-state index is 0.0220. The van der Waals surface area contributed by atoms with Gasteiger partial charge < -0.3 is 34.1 Å². The number of rotatable bonds is 8. The third-order valence-corrected chi connectivity index (χ3v) is 6.93. The Balaban J connectivity index is 1.52. The monoisotopic (exact) mass is 524 g/mol. The van der Waals surface area contributed by atoms with E-state index in [1.807, 2.05) is 0 Å². The molecule has 3 heterocycles. The number of aliphatic hydroxyl groups is 1. The molecule has 0 saturated carbocycles. The zero-order chi connectivity index (χ0) is 26.6. The number of ketones is 1. The molecule has 2 saturated heterocycles. The first-order chi connectivity index (χ1) is 18.5. The van der Waals surface area contributed by atoms with Gasteiger partial charge in [-0.1, -0.05) is 6.07 Å². The van der Waals surface area contributed by atoms with Gasteiger partial charge in [0.1, 0.15) is 19.0 Å². The molecule has 2 fully saturated rings. The van der Waals surface area contributed by atoms with Crippen LogP contribution < -0.4 is 14.2 Å². The molecule has 2 N–H and O–H groups in total. The summed E-state index contributed by atoms with van der Waals surface area (Å²) in [5.41, 5.74) is 0.872. The molecule has 38 heavy (non-hydrogen) atoms. The summed E-state index contributed by atoms with van der Waals surface area (Å²) >= 11 is 0. The zero-order valence-corrected chi connectivity index (χ0v) is 21.4. The third kappa shape index (κ3) is 5.14. The Morgan fingerprint density at radius 2 is 1.76 bits per heavy atom. The number of carbonyl (C=O) groups is 2. The molecule has 10 heteroatoms. The van der Waals surface area contributed by atoms with E-state index in [1.54, 1.807) is 37.3 Å². The number of amides is 1. The lowest BCUT2D eigenvalue weighted by molar-refractivity contribution is -0.140. The topological polar surface area (TPSA) is 118 Å². The summed E-state index contributed by atoms with van der Waals surface area (Å²) in [6.07, 6.45) is 0.643. The fourth-order valence-electron chi connectivity index (χ4n) is 5.06. The summed E-state index contributed by atoms with van der Waals surface area (Å²) in [6.45, 7) is 6.98. The predicted octanol–water partition coefficient (Wildman–Crippen LogP) is 2.71. The van der Waals surface area contributed by atoms with Gasteiger partial charge in [-0.2, -0.15) is 0 Å². The van der Waals surface area contributed by atoms with Gasteiger partial charge in [0.2, 0.25) is 0 Å². The number of aromatic hydroxyl groups is 1. The second-order valence-electron chi connectivity index (χ2n) is 9.32. The molecule has 10 nitrogen and oxygen atoms in total. The summed E-state index contributed by atoms with van der Waals surface area (Å²) in [5.74, 6) is -0.545. The third-order valence-electron chi connectivity index (χ3n) is 6.93. The van der Waals surface area contributed by atoms with Gasteiger partial charge in [-0.05, 0) is 49.2 Å². The van der Waals surface area contributed by atoms with Gasteiger partial charge >= 0.3 is 0 Å². The van der Waals surface area contributed by atoms with E-state index in [9.17, 15) is 19.8 Å². The Morgan fingerprint density at radius 1 is 1.00 bits per heavy atom. The number of benzene rings is 2.